The fraction of sp³-hybridized carbons (Fsp3) is 0.538. The van der Waals surface area contributed by atoms with Gasteiger partial charge in [-0.15, -0.1) is 0 Å². The summed E-state index contributed by atoms with van der Waals surface area (Å²) in [6.07, 6.45) is 1.46. The topological polar surface area (TPSA) is 98.7 Å². The van der Waals surface area contributed by atoms with Gasteiger partial charge in [-0.1, -0.05) is 0 Å². The second kappa shape index (κ2) is 6.04. The molecule has 1 aromatic rings. The summed E-state index contributed by atoms with van der Waals surface area (Å²) in [5.41, 5.74) is 0.884. The third kappa shape index (κ3) is 3.10. The molecule has 1 aliphatic heterocycles. The Morgan fingerprint density at radius 3 is 2.76 bits per heavy atom. The summed E-state index contributed by atoms with van der Waals surface area (Å²) in [5, 5.41) is 12.2. The lowest BCUT2D eigenvalue weighted by Gasteiger charge is -2.33. The first-order valence-corrected chi connectivity index (χ1v) is 6.67. The summed E-state index contributed by atoms with van der Waals surface area (Å²) in [6, 6.07) is -0.862. The minimum atomic E-state index is -1.01. The van der Waals surface area contributed by atoms with Gasteiger partial charge in [-0.25, -0.2) is 14.8 Å². The minimum Gasteiger partial charge on any atom is -0.480 e. The number of carbonyl (C=O) groups excluding carboxylic acids is 1. The molecule has 1 fully saturated rings. The summed E-state index contributed by atoms with van der Waals surface area (Å²) < 4.78 is 0. The van der Waals surface area contributed by atoms with Crippen molar-refractivity contribution >= 4 is 17.8 Å². The van der Waals surface area contributed by atoms with Gasteiger partial charge in [0, 0.05) is 39.9 Å². The highest BCUT2D eigenvalue weighted by Gasteiger charge is 2.33. The monoisotopic (exact) mass is 293 g/mol. The molecule has 2 heterocycles. The molecule has 0 bridgehead atoms. The number of nitrogens with one attached hydrogen (secondary N) is 1. The maximum Gasteiger partial charge on any atom is 0.327 e. The molecule has 8 heteroatoms. The number of rotatable bonds is 3. The van der Waals surface area contributed by atoms with Crippen LogP contribution in [-0.4, -0.2) is 71.6 Å². The maximum absolute atomic E-state index is 12.6. The normalized spacial score (nSPS) is 18.4. The van der Waals surface area contributed by atoms with Gasteiger partial charge < -0.3 is 20.2 Å². The van der Waals surface area contributed by atoms with E-state index in [0.717, 1.165) is 0 Å². The molecule has 1 aliphatic rings. The molecule has 2 N–H and O–H groups in total. The second-order valence-corrected chi connectivity index (χ2v) is 5.12. The molecule has 0 saturated carbocycles. The van der Waals surface area contributed by atoms with Crippen LogP contribution in [-0.2, 0) is 4.79 Å². The maximum atomic E-state index is 12.6. The van der Waals surface area contributed by atoms with Crippen LogP contribution in [0.3, 0.4) is 0 Å². The molecule has 0 spiro atoms. The third-order valence-corrected chi connectivity index (χ3v) is 3.39. The van der Waals surface area contributed by atoms with E-state index in [4.69, 9.17) is 0 Å². The van der Waals surface area contributed by atoms with Crippen molar-refractivity contribution in [1.29, 1.82) is 0 Å². The van der Waals surface area contributed by atoms with E-state index < -0.39 is 12.0 Å². The Kier molecular flexibility index (Phi) is 4.37. The highest BCUT2D eigenvalue weighted by Crippen LogP contribution is 2.15. The van der Waals surface area contributed by atoms with Gasteiger partial charge in [0.25, 0.3) is 5.91 Å². The van der Waals surface area contributed by atoms with E-state index in [-0.39, 0.29) is 12.5 Å². The van der Waals surface area contributed by atoms with Crippen LogP contribution in [0.25, 0.3) is 0 Å². The zero-order valence-corrected chi connectivity index (χ0v) is 12.3. The SMILES string of the molecule is Cc1nc(N(C)C)ncc1C(=O)N1CCNC[C@@H]1C(=O)O. The van der Waals surface area contributed by atoms with Crippen molar-refractivity contribution < 1.29 is 14.7 Å². The van der Waals surface area contributed by atoms with Gasteiger partial charge in [-0.3, -0.25) is 4.79 Å². The number of carbonyl (C=O) groups is 2. The summed E-state index contributed by atoms with van der Waals surface area (Å²) in [4.78, 5) is 35.3. The van der Waals surface area contributed by atoms with Gasteiger partial charge >= 0.3 is 5.97 Å². The van der Waals surface area contributed by atoms with E-state index >= 15 is 0 Å². The van der Waals surface area contributed by atoms with Crippen molar-refractivity contribution in [2.45, 2.75) is 13.0 Å². The van der Waals surface area contributed by atoms with Crippen LogP contribution >= 0.6 is 0 Å². The quantitative estimate of drug-likeness (QED) is 0.764. The van der Waals surface area contributed by atoms with Crippen molar-refractivity contribution in [3.05, 3.63) is 17.5 Å². The number of piperazine rings is 1. The number of hydrogen-bond donors (Lipinski definition) is 2. The van der Waals surface area contributed by atoms with Crippen LogP contribution in [0.4, 0.5) is 5.95 Å². The fourth-order valence-electron chi connectivity index (χ4n) is 2.20. The second-order valence-electron chi connectivity index (χ2n) is 5.12. The summed E-state index contributed by atoms with van der Waals surface area (Å²) in [6.45, 7) is 2.90. The average molecular weight is 293 g/mol. The average Bonchev–Trinajstić information content (AvgIpc) is 2.46. The third-order valence-electron chi connectivity index (χ3n) is 3.39. The predicted octanol–water partition coefficient (Wildman–Crippen LogP) is -0.650. The molecule has 0 aromatic carbocycles. The largest absolute Gasteiger partial charge is 0.480 e. The Balaban J connectivity index is 2.28. The van der Waals surface area contributed by atoms with Gasteiger partial charge in [0.15, 0.2) is 0 Å². The molecule has 1 aromatic heterocycles. The molecular weight excluding hydrogens is 274 g/mol. The first-order chi connectivity index (χ1) is 9.91. The zero-order valence-electron chi connectivity index (χ0n) is 12.3. The van der Waals surface area contributed by atoms with Crippen LogP contribution in [0, 0.1) is 6.92 Å². The number of carboxylic acid groups (broad SMARTS) is 1. The zero-order chi connectivity index (χ0) is 15.6. The van der Waals surface area contributed by atoms with Crippen LogP contribution in [0.1, 0.15) is 16.1 Å². The van der Waals surface area contributed by atoms with Crippen molar-refractivity contribution in [3.8, 4) is 0 Å². The molecule has 0 radical (unpaired) electrons. The Hall–Kier alpha value is -2.22. The smallest absolute Gasteiger partial charge is 0.327 e. The molecule has 0 unspecified atom stereocenters. The van der Waals surface area contributed by atoms with E-state index in [1.165, 1.54) is 11.1 Å². The Morgan fingerprint density at radius 2 is 2.19 bits per heavy atom. The molecule has 2 rings (SSSR count). The molecule has 114 valence electrons. The van der Waals surface area contributed by atoms with Crippen LogP contribution < -0.4 is 10.2 Å². The highest BCUT2D eigenvalue weighted by atomic mass is 16.4. The molecule has 21 heavy (non-hydrogen) atoms. The number of anilines is 1. The number of aryl methyl sites for hydroxylation is 1. The summed E-state index contributed by atoms with van der Waals surface area (Å²) in [5.74, 6) is -0.843. The van der Waals surface area contributed by atoms with Gasteiger partial charge in [-0.05, 0) is 6.92 Å². The number of hydrogen-bond acceptors (Lipinski definition) is 6. The number of carboxylic acids is 1. The standard InChI is InChI=1S/C13H19N5O3/c1-8-9(6-15-13(16-8)17(2)3)11(19)18-5-4-14-7-10(18)12(20)21/h6,10,14H,4-5,7H2,1-3H3,(H,20,21)/t10-/m1/s1. The lowest BCUT2D eigenvalue weighted by molar-refractivity contribution is -0.142. The molecule has 1 atom stereocenters. The number of nitrogens with zero attached hydrogens (tertiary/aromatic N) is 4. The van der Waals surface area contributed by atoms with Crippen LogP contribution in [0.15, 0.2) is 6.20 Å². The molecule has 0 aliphatic carbocycles. The van der Waals surface area contributed by atoms with E-state index in [1.54, 1.807) is 11.8 Å². The minimum absolute atomic E-state index is 0.247. The molecule has 1 saturated heterocycles. The van der Waals surface area contributed by atoms with Gasteiger partial charge in [0.05, 0.1) is 11.3 Å². The van der Waals surface area contributed by atoms with E-state index in [0.29, 0.717) is 30.3 Å². The number of amides is 1. The van der Waals surface area contributed by atoms with Gasteiger partial charge in [0.1, 0.15) is 6.04 Å². The fourth-order valence-corrected chi connectivity index (χ4v) is 2.20. The summed E-state index contributed by atoms with van der Waals surface area (Å²) in [7, 11) is 3.63. The van der Waals surface area contributed by atoms with Crippen molar-refractivity contribution in [2.24, 2.45) is 0 Å². The van der Waals surface area contributed by atoms with Gasteiger partial charge in [-0.2, -0.15) is 0 Å². The lowest BCUT2D eigenvalue weighted by Crippen LogP contribution is -2.57. The van der Waals surface area contributed by atoms with E-state index in [9.17, 15) is 14.7 Å². The molecule has 1 amide bonds. The molecular formula is C13H19N5O3. The Bertz CT molecular complexity index is 561. The van der Waals surface area contributed by atoms with Crippen LogP contribution in [0.2, 0.25) is 0 Å². The number of aromatic nitrogens is 2. The Labute approximate surface area is 122 Å². The first-order valence-electron chi connectivity index (χ1n) is 6.67. The summed E-state index contributed by atoms with van der Waals surface area (Å²) >= 11 is 0. The van der Waals surface area contributed by atoms with E-state index in [1.807, 2.05) is 14.1 Å². The molecule has 8 nitrogen and oxygen atoms in total. The van der Waals surface area contributed by atoms with Crippen molar-refractivity contribution in [3.63, 3.8) is 0 Å². The Morgan fingerprint density at radius 1 is 1.48 bits per heavy atom. The van der Waals surface area contributed by atoms with Gasteiger partial charge in [0.2, 0.25) is 5.95 Å². The van der Waals surface area contributed by atoms with Crippen molar-refractivity contribution in [1.82, 2.24) is 20.2 Å². The predicted molar refractivity (Wildman–Crippen MR) is 76.4 cm³/mol. The van der Waals surface area contributed by atoms with E-state index in [2.05, 4.69) is 15.3 Å². The lowest BCUT2D eigenvalue weighted by atomic mass is 10.1. The number of aliphatic carboxylic acids is 1. The van der Waals surface area contributed by atoms with Crippen LogP contribution in [0.5, 0.6) is 0 Å². The highest BCUT2D eigenvalue weighted by molar-refractivity contribution is 5.97. The van der Waals surface area contributed by atoms with Crippen molar-refractivity contribution in [2.75, 3.05) is 38.6 Å². The first kappa shape index (κ1) is 15.2.